The Bertz CT molecular complexity index is 860. The van der Waals surface area contributed by atoms with Crippen LogP contribution in [0.2, 0.25) is 0 Å². The predicted octanol–water partition coefficient (Wildman–Crippen LogP) is 2.78. The Morgan fingerprint density at radius 3 is 2.92 bits per heavy atom. The molecule has 0 fully saturated rings. The first kappa shape index (κ1) is 16.7. The van der Waals surface area contributed by atoms with Gasteiger partial charge in [-0.3, -0.25) is 4.79 Å². The van der Waals surface area contributed by atoms with Crippen LogP contribution in [0.1, 0.15) is 22.5 Å². The Balaban J connectivity index is 1.62. The third kappa shape index (κ3) is 4.23. The highest BCUT2D eigenvalue weighted by Gasteiger charge is 2.08. The first-order valence-electron chi connectivity index (χ1n) is 8.14. The van der Waals surface area contributed by atoms with E-state index in [1.54, 1.807) is 37.6 Å². The smallest absolute Gasteiger partial charge is 0.251 e. The van der Waals surface area contributed by atoms with E-state index in [4.69, 9.17) is 0 Å². The molecule has 128 valence electrons. The third-order valence-electron chi connectivity index (χ3n) is 3.92. The molecule has 0 aliphatic heterocycles. The van der Waals surface area contributed by atoms with Crippen LogP contribution in [0.5, 0.6) is 5.75 Å². The van der Waals surface area contributed by atoms with E-state index in [0.717, 1.165) is 24.2 Å². The summed E-state index contributed by atoms with van der Waals surface area (Å²) >= 11 is 0. The summed E-state index contributed by atoms with van der Waals surface area (Å²) in [4.78, 5) is 20.7. The number of amides is 1. The predicted molar refractivity (Wildman–Crippen MR) is 95.3 cm³/mol. The number of carbonyl (C=O) groups excluding carboxylic acids is 1. The zero-order valence-corrected chi connectivity index (χ0v) is 14.0. The van der Waals surface area contributed by atoms with Crippen LogP contribution in [0.15, 0.2) is 55.1 Å². The van der Waals surface area contributed by atoms with Gasteiger partial charge in [0.25, 0.3) is 5.91 Å². The largest absolute Gasteiger partial charge is 0.506 e. The molecule has 3 rings (SSSR count). The van der Waals surface area contributed by atoms with Gasteiger partial charge in [0.05, 0.1) is 17.7 Å². The minimum atomic E-state index is -0.108. The van der Waals surface area contributed by atoms with Crippen LogP contribution in [0.3, 0.4) is 0 Å². The highest BCUT2D eigenvalue weighted by atomic mass is 16.3. The van der Waals surface area contributed by atoms with Crippen molar-refractivity contribution in [1.82, 2.24) is 19.9 Å². The van der Waals surface area contributed by atoms with E-state index in [-0.39, 0.29) is 11.7 Å². The quantitative estimate of drug-likeness (QED) is 0.678. The van der Waals surface area contributed by atoms with Crippen LogP contribution < -0.4 is 5.32 Å². The van der Waals surface area contributed by atoms with Gasteiger partial charge in [-0.2, -0.15) is 0 Å². The number of rotatable bonds is 6. The van der Waals surface area contributed by atoms with Crippen LogP contribution in [-0.4, -0.2) is 32.1 Å². The highest BCUT2D eigenvalue weighted by Crippen LogP contribution is 2.22. The molecule has 2 aromatic heterocycles. The second-order valence-corrected chi connectivity index (χ2v) is 5.79. The molecule has 25 heavy (non-hydrogen) atoms. The molecule has 0 saturated carbocycles. The van der Waals surface area contributed by atoms with Gasteiger partial charge in [0.1, 0.15) is 5.75 Å². The summed E-state index contributed by atoms with van der Waals surface area (Å²) in [5, 5.41) is 12.5. The normalized spacial score (nSPS) is 10.6. The number of aromatic hydroxyl groups is 1. The monoisotopic (exact) mass is 336 g/mol. The number of hydrogen-bond acceptors (Lipinski definition) is 4. The van der Waals surface area contributed by atoms with Crippen LogP contribution in [0.25, 0.3) is 11.3 Å². The SMILES string of the molecule is Cc1nc(-c2cccc(C(=O)NCCCn3ccnc3)c2)ccc1O. The first-order valence-corrected chi connectivity index (χ1v) is 8.14. The summed E-state index contributed by atoms with van der Waals surface area (Å²) < 4.78 is 1.98. The molecule has 2 N–H and O–H groups in total. The molecule has 0 aliphatic carbocycles. The fraction of sp³-hybridized carbons (Fsp3) is 0.211. The molecule has 1 amide bonds. The summed E-state index contributed by atoms with van der Waals surface area (Å²) in [5.41, 5.74) is 2.72. The average molecular weight is 336 g/mol. The number of carbonyl (C=O) groups is 1. The molecule has 3 aromatic rings. The van der Waals surface area contributed by atoms with Crippen molar-refractivity contribution >= 4 is 5.91 Å². The van der Waals surface area contributed by atoms with Gasteiger partial charge in [-0.25, -0.2) is 9.97 Å². The number of hydrogen-bond donors (Lipinski definition) is 2. The molecule has 0 radical (unpaired) electrons. The summed E-state index contributed by atoms with van der Waals surface area (Å²) in [5.74, 6) is 0.0542. The van der Waals surface area contributed by atoms with Crippen LogP contribution in [-0.2, 0) is 6.54 Å². The van der Waals surface area contributed by atoms with Crippen molar-refractivity contribution in [3.63, 3.8) is 0 Å². The van der Waals surface area contributed by atoms with Crippen molar-refractivity contribution in [2.24, 2.45) is 0 Å². The number of benzene rings is 1. The summed E-state index contributed by atoms with van der Waals surface area (Å²) in [6.45, 7) is 3.16. The minimum absolute atomic E-state index is 0.108. The Kier molecular flexibility index (Phi) is 5.09. The van der Waals surface area contributed by atoms with Crippen LogP contribution >= 0.6 is 0 Å². The molecule has 6 nitrogen and oxygen atoms in total. The van der Waals surface area contributed by atoms with Gasteiger partial charge in [-0.05, 0) is 37.6 Å². The molecule has 6 heteroatoms. The van der Waals surface area contributed by atoms with Crippen molar-refractivity contribution < 1.29 is 9.90 Å². The van der Waals surface area contributed by atoms with E-state index < -0.39 is 0 Å². The number of aromatic nitrogens is 3. The third-order valence-corrected chi connectivity index (χ3v) is 3.92. The maximum Gasteiger partial charge on any atom is 0.251 e. The van der Waals surface area contributed by atoms with E-state index in [2.05, 4.69) is 15.3 Å². The average Bonchev–Trinajstić information content (AvgIpc) is 3.14. The van der Waals surface area contributed by atoms with Gasteiger partial charge in [0.15, 0.2) is 0 Å². The van der Waals surface area contributed by atoms with Gasteiger partial charge in [-0.15, -0.1) is 0 Å². The van der Waals surface area contributed by atoms with Crippen molar-refractivity contribution in [3.05, 3.63) is 66.4 Å². The standard InChI is InChI=1S/C19H20N4O2/c1-14-18(24)7-6-17(22-14)15-4-2-5-16(12-15)19(25)21-8-3-10-23-11-9-20-13-23/h2,4-7,9,11-13,24H,3,8,10H2,1H3,(H,21,25). The lowest BCUT2D eigenvalue weighted by molar-refractivity contribution is 0.0953. The van der Waals surface area contributed by atoms with Crippen molar-refractivity contribution in [2.75, 3.05) is 6.54 Å². The Morgan fingerprint density at radius 2 is 2.16 bits per heavy atom. The molecule has 0 aliphatic rings. The number of pyridine rings is 1. The van der Waals surface area contributed by atoms with E-state index >= 15 is 0 Å². The van der Waals surface area contributed by atoms with Crippen molar-refractivity contribution in [3.8, 4) is 17.0 Å². The van der Waals surface area contributed by atoms with Gasteiger partial charge in [-0.1, -0.05) is 12.1 Å². The van der Waals surface area contributed by atoms with E-state index in [1.807, 2.05) is 29.0 Å². The van der Waals surface area contributed by atoms with Gasteiger partial charge < -0.3 is 15.0 Å². The molecule has 0 atom stereocenters. The molecule has 2 heterocycles. The molecule has 1 aromatic carbocycles. The topological polar surface area (TPSA) is 80.0 Å². The lowest BCUT2D eigenvalue weighted by atomic mass is 10.1. The molecule has 0 saturated heterocycles. The number of aryl methyl sites for hydroxylation is 2. The Labute approximate surface area is 146 Å². The second-order valence-electron chi connectivity index (χ2n) is 5.79. The van der Waals surface area contributed by atoms with Gasteiger partial charge in [0, 0.05) is 36.6 Å². The lowest BCUT2D eigenvalue weighted by Gasteiger charge is -2.08. The molecule has 0 unspecified atom stereocenters. The van der Waals surface area contributed by atoms with Crippen molar-refractivity contribution in [2.45, 2.75) is 19.9 Å². The number of imidazole rings is 1. The van der Waals surface area contributed by atoms with Crippen molar-refractivity contribution in [1.29, 1.82) is 0 Å². The molecule has 0 spiro atoms. The minimum Gasteiger partial charge on any atom is -0.506 e. The maximum absolute atomic E-state index is 12.3. The number of nitrogens with zero attached hydrogens (tertiary/aromatic N) is 3. The summed E-state index contributed by atoms with van der Waals surface area (Å²) in [6.07, 6.45) is 6.24. The van der Waals surface area contributed by atoms with Gasteiger partial charge >= 0.3 is 0 Å². The lowest BCUT2D eigenvalue weighted by Crippen LogP contribution is -2.25. The highest BCUT2D eigenvalue weighted by molar-refractivity contribution is 5.95. The van der Waals surface area contributed by atoms with Gasteiger partial charge in [0.2, 0.25) is 0 Å². The molecule has 0 bridgehead atoms. The second kappa shape index (κ2) is 7.61. The zero-order chi connectivity index (χ0) is 17.6. The Hall–Kier alpha value is -3.15. The van der Waals surface area contributed by atoms with E-state index in [0.29, 0.717) is 17.8 Å². The molecular formula is C19H20N4O2. The fourth-order valence-electron chi connectivity index (χ4n) is 2.52. The first-order chi connectivity index (χ1) is 12.1. The van der Waals surface area contributed by atoms with Crippen LogP contribution in [0.4, 0.5) is 0 Å². The maximum atomic E-state index is 12.3. The molecular weight excluding hydrogens is 316 g/mol. The zero-order valence-electron chi connectivity index (χ0n) is 14.0. The van der Waals surface area contributed by atoms with E-state index in [1.165, 1.54) is 0 Å². The van der Waals surface area contributed by atoms with Crippen LogP contribution in [0, 0.1) is 6.92 Å². The Morgan fingerprint density at radius 1 is 1.28 bits per heavy atom. The summed E-state index contributed by atoms with van der Waals surface area (Å²) in [7, 11) is 0. The summed E-state index contributed by atoms with van der Waals surface area (Å²) in [6, 6.07) is 10.7. The fourth-order valence-corrected chi connectivity index (χ4v) is 2.52. The van der Waals surface area contributed by atoms with E-state index in [9.17, 15) is 9.90 Å². The number of nitrogens with one attached hydrogen (secondary N) is 1.